The van der Waals surface area contributed by atoms with Crippen molar-refractivity contribution in [2.75, 3.05) is 0 Å². The monoisotopic (exact) mass is 518 g/mol. The second kappa shape index (κ2) is 9.34. The lowest BCUT2D eigenvalue weighted by Crippen LogP contribution is -2.34. The second-order valence-corrected chi connectivity index (χ2v) is 10.5. The number of nitrogens with zero attached hydrogens (tertiary/aromatic N) is 2. The van der Waals surface area contributed by atoms with Crippen molar-refractivity contribution in [1.29, 1.82) is 0 Å². The van der Waals surface area contributed by atoms with Crippen LogP contribution in [-0.2, 0) is 0 Å². The third-order valence-corrected chi connectivity index (χ3v) is 7.92. The number of aliphatic imine (C=N–C) groups is 1. The zero-order valence-electron chi connectivity index (χ0n) is 18.7. The molecule has 0 N–H and O–H groups in total. The number of allylic oxidation sites excluding steroid dienone is 1. The van der Waals surface area contributed by atoms with Gasteiger partial charge in [-0.2, -0.15) is 0 Å². The Morgan fingerprint density at radius 2 is 1.57 bits per heavy atom. The molecule has 0 saturated heterocycles. The summed E-state index contributed by atoms with van der Waals surface area (Å²) in [5, 5.41) is 4.50. The van der Waals surface area contributed by atoms with Crippen LogP contribution in [0, 0.1) is 5.82 Å². The third-order valence-electron chi connectivity index (χ3n) is 6.57. The van der Waals surface area contributed by atoms with Gasteiger partial charge >= 0.3 is 0 Å². The highest BCUT2D eigenvalue weighted by Gasteiger charge is 2.40. The Kier molecular flexibility index (Phi) is 6.05. The van der Waals surface area contributed by atoms with Crippen molar-refractivity contribution in [2.45, 2.75) is 25.3 Å². The van der Waals surface area contributed by atoms with E-state index >= 15 is 0 Å². The molecule has 3 aromatic rings. The molecule has 0 unspecified atom stereocenters. The molecule has 0 radical (unpaired) electrons. The quantitative estimate of drug-likeness (QED) is 0.343. The normalized spacial score (nSPS) is 20.5. The fourth-order valence-corrected chi connectivity index (χ4v) is 6.13. The molecule has 0 amide bonds. The molecular formula is C29H21Cl2FN2S. The Bertz CT molecular complexity index is 1400. The van der Waals surface area contributed by atoms with Crippen molar-refractivity contribution in [3.63, 3.8) is 0 Å². The first-order chi connectivity index (χ1) is 17.1. The summed E-state index contributed by atoms with van der Waals surface area (Å²) in [7, 11) is 0. The molecule has 1 aliphatic carbocycles. The van der Waals surface area contributed by atoms with Crippen LogP contribution in [0.2, 0.25) is 10.0 Å². The molecule has 0 bridgehead atoms. The first-order valence-electron chi connectivity index (χ1n) is 11.5. The van der Waals surface area contributed by atoms with Crippen LogP contribution >= 0.6 is 35.0 Å². The van der Waals surface area contributed by atoms with Gasteiger partial charge in [-0.05, 0) is 102 Å². The van der Waals surface area contributed by atoms with Gasteiger partial charge in [0.1, 0.15) is 5.82 Å². The predicted molar refractivity (Wildman–Crippen MR) is 146 cm³/mol. The number of thioether (sulfide) groups is 1. The van der Waals surface area contributed by atoms with E-state index in [0.29, 0.717) is 5.02 Å². The summed E-state index contributed by atoms with van der Waals surface area (Å²) in [4.78, 5) is 7.48. The molecule has 1 atom stereocenters. The fraction of sp³-hybridized carbons (Fsp3) is 0.138. The number of hydrogen-bond acceptors (Lipinski definition) is 3. The van der Waals surface area contributed by atoms with E-state index in [0.717, 1.165) is 57.5 Å². The van der Waals surface area contributed by atoms with Crippen LogP contribution < -0.4 is 0 Å². The van der Waals surface area contributed by atoms with Crippen LogP contribution in [0.3, 0.4) is 0 Å². The average Bonchev–Trinajstić information content (AvgIpc) is 3.29. The summed E-state index contributed by atoms with van der Waals surface area (Å²) in [6.45, 7) is 0. The SMILES string of the molecule is Fc1ccc(C2=CSC3=NC4=C(CCC/C4=C\c4ccc(Cl)cc4)[C@H](c4ccc(Cl)cc4)N23)cc1. The van der Waals surface area contributed by atoms with Gasteiger partial charge in [-0.3, -0.25) is 0 Å². The minimum Gasteiger partial charge on any atom is -0.308 e. The first kappa shape index (κ1) is 22.7. The standard InChI is InChI=1S/C29H21Cl2FN2S/c30-22-10-4-18(5-11-22)16-21-2-1-3-25-27(21)33-29-34(28(25)20-6-12-23(31)13-7-20)26(17-35-29)19-8-14-24(32)15-9-19/h4-17,28H,1-3H2/b21-16+/t28-/m0/s1. The number of rotatable bonds is 3. The largest absolute Gasteiger partial charge is 0.308 e. The predicted octanol–water partition coefficient (Wildman–Crippen LogP) is 9.11. The first-order valence-corrected chi connectivity index (χ1v) is 13.2. The van der Waals surface area contributed by atoms with E-state index in [2.05, 4.69) is 28.5 Å². The van der Waals surface area contributed by atoms with Crippen LogP contribution in [0.25, 0.3) is 11.8 Å². The summed E-state index contributed by atoms with van der Waals surface area (Å²) in [5.74, 6) is -0.240. The third kappa shape index (κ3) is 4.35. The Hall–Kier alpha value is -2.79. The van der Waals surface area contributed by atoms with E-state index in [1.165, 1.54) is 23.3 Å². The lowest BCUT2D eigenvalue weighted by Gasteiger charge is -2.40. The van der Waals surface area contributed by atoms with Crippen LogP contribution in [0.1, 0.15) is 42.0 Å². The fourth-order valence-electron chi connectivity index (χ4n) is 4.95. The van der Waals surface area contributed by atoms with E-state index in [4.69, 9.17) is 28.2 Å². The van der Waals surface area contributed by atoms with Crippen LogP contribution in [0.4, 0.5) is 4.39 Å². The molecule has 2 aliphatic heterocycles. The second-order valence-electron chi connectivity index (χ2n) is 8.79. The van der Waals surface area contributed by atoms with Crippen LogP contribution in [-0.4, -0.2) is 10.1 Å². The Morgan fingerprint density at radius 3 is 2.29 bits per heavy atom. The Labute approximate surface area is 218 Å². The maximum absolute atomic E-state index is 13.7. The van der Waals surface area contributed by atoms with Crippen molar-refractivity contribution in [3.05, 3.63) is 128 Å². The highest BCUT2D eigenvalue weighted by molar-refractivity contribution is 8.16. The summed E-state index contributed by atoms with van der Waals surface area (Å²) in [6, 6.07) is 22.7. The molecule has 3 aliphatic rings. The lowest BCUT2D eigenvalue weighted by atomic mass is 9.83. The van der Waals surface area contributed by atoms with Crippen LogP contribution in [0.5, 0.6) is 0 Å². The number of hydrogen-bond donors (Lipinski definition) is 0. The van der Waals surface area contributed by atoms with E-state index in [-0.39, 0.29) is 11.9 Å². The van der Waals surface area contributed by atoms with E-state index in [9.17, 15) is 4.39 Å². The minimum absolute atomic E-state index is 0.00464. The minimum atomic E-state index is -0.240. The van der Waals surface area contributed by atoms with Crippen molar-refractivity contribution in [2.24, 2.45) is 4.99 Å². The van der Waals surface area contributed by atoms with Crippen molar-refractivity contribution in [1.82, 2.24) is 4.90 Å². The smallest absolute Gasteiger partial charge is 0.174 e. The van der Waals surface area contributed by atoms with E-state index < -0.39 is 0 Å². The maximum atomic E-state index is 13.7. The van der Waals surface area contributed by atoms with Gasteiger partial charge in [0.05, 0.1) is 17.4 Å². The van der Waals surface area contributed by atoms with Gasteiger partial charge in [0.25, 0.3) is 0 Å². The van der Waals surface area contributed by atoms with Crippen molar-refractivity contribution in [3.8, 4) is 0 Å². The molecule has 3 aromatic carbocycles. The number of benzene rings is 3. The van der Waals surface area contributed by atoms with Crippen molar-refractivity contribution >= 4 is 51.9 Å². The molecular weight excluding hydrogens is 498 g/mol. The molecule has 6 rings (SSSR count). The van der Waals surface area contributed by atoms with Gasteiger partial charge in [-0.1, -0.05) is 59.2 Å². The van der Waals surface area contributed by atoms with Crippen molar-refractivity contribution < 1.29 is 4.39 Å². The van der Waals surface area contributed by atoms with Gasteiger partial charge < -0.3 is 4.90 Å². The van der Waals surface area contributed by atoms with Gasteiger partial charge in [0.15, 0.2) is 5.17 Å². The van der Waals surface area contributed by atoms with Gasteiger partial charge in [0, 0.05) is 15.5 Å². The average molecular weight is 519 g/mol. The van der Waals surface area contributed by atoms with E-state index in [1.54, 1.807) is 11.8 Å². The molecule has 35 heavy (non-hydrogen) atoms. The summed E-state index contributed by atoms with van der Waals surface area (Å²) in [6.07, 6.45) is 5.24. The number of fused-ring (bicyclic) bond motifs is 1. The molecule has 174 valence electrons. The zero-order valence-corrected chi connectivity index (χ0v) is 21.0. The van der Waals surface area contributed by atoms with Crippen LogP contribution in [0.15, 0.2) is 100 Å². The highest BCUT2D eigenvalue weighted by Crippen LogP contribution is 2.51. The molecule has 0 spiro atoms. The summed E-state index contributed by atoms with van der Waals surface area (Å²) < 4.78 is 13.7. The molecule has 2 nitrogen and oxygen atoms in total. The molecule has 0 saturated carbocycles. The highest BCUT2D eigenvalue weighted by atomic mass is 35.5. The van der Waals surface area contributed by atoms with Gasteiger partial charge in [-0.25, -0.2) is 9.38 Å². The van der Waals surface area contributed by atoms with E-state index in [1.807, 2.05) is 48.5 Å². The molecule has 2 heterocycles. The lowest BCUT2D eigenvalue weighted by molar-refractivity contribution is 0.458. The number of amidine groups is 1. The summed E-state index contributed by atoms with van der Waals surface area (Å²) >= 11 is 14.0. The Balaban J connectivity index is 1.48. The number of halogens is 3. The van der Waals surface area contributed by atoms with Gasteiger partial charge in [0.2, 0.25) is 0 Å². The maximum Gasteiger partial charge on any atom is 0.174 e. The Morgan fingerprint density at radius 1 is 0.886 bits per heavy atom. The van der Waals surface area contributed by atoms with Gasteiger partial charge in [-0.15, -0.1) is 0 Å². The molecule has 6 heteroatoms. The topological polar surface area (TPSA) is 15.6 Å². The molecule has 0 aromatic heterocycles. The zero-order chi connectivity index (χ0) is 23.9. The molecule has 0 fully saturated rings. The summed E-state index contributed by atoms with van der Waals surface area (Å²) in [5.41, 5.74) is 7.92.